The molecule has 6 heteroatoms. The van der Waals surface area contributed by atoms with Crippen LogP contribution in [0.3, 0.4) is 0 Å². The largest absolute Gasteiger partial charge is 0.497 e. The minimum Gasteiger partial charge on any atom is -0.497 e. The summed E-state index contributed by atoms with van der Waals surface area (Å²) in [6, 6.07) is 6.99. The second-order valence-corrected chi connectivity index (χ2v) is 7.36. The predicted molar refractivity (Wildman–Crippen MR) is 96.7 cm³/mol. The average Bonchev–Trinajstić information content (AvgIpc) is 2.54. The zero-order valence-electron chi connectivity index (χ0n) is 15.4. The molecular weight excluding hydrogens is 320 g/mol. The van der Waals surface area contributed by atoms with Gasteiger partial charge in [0.25, 0.3) is 0 Å². The van der Waals surface area contributed by atoms with E-state index in [1.54, 1.807) is 31.4 Å². The Labute approximate surface area is 149 Å². The summed E-state index contributed by atoms with van der Waals surface area (Å²) >= 11 is 0. The lowest BCUT2D eigenvalue weighted by Crippen LogP contribution is -2.48. The van der Waals surface area contributed by atoms with Gasteiger partial charge in [-0.1, -0.05) is 12.8 Å². The number of amides is 2. The van der Waals surface area contributed by atoms with E-state index < -0.39 is 11.7 Å². The minimum absolute atomic E-state index is 0.0778. The Morgan fingerprint density at radius 1 is 1.08 bits per heavy atom. The van der Waals surface area contributed by atoms with E-state index in [0.717, 1.165) is 31.4 Å². The van der Waals surface area contributed by atoms with Crippen LogP contribution in [-0.2, 0) is 9.53 Å². The second kappa shape index (κ2) is 8.23. The molecule has 0 saturated heterocycles. The Bertz CT molecular complexity index is 592. The van der Waals surface area contributed by atoms with Gasteiger partial charge in [0.2, 0.25) is 5.91 Å². The zero-order chi connectivity index (χ0) is 18.4. The summed E-state index contributed by atoms with van der Waals surface area (Å²) in [5.41, 5.74) is 0.159. The Balaban J connectivity index is 1.98. The molecule has 0 bridgehead atoms. The molecule has 2 amide bonds. The molecule has 1 aromatic rings. The van der Waals surface area contributed by atoms with Gasteiger partial charge in [-0.05, 0) is 57.9 Å². The van der Waals surface area contributed by atoms with E-state index in [2.05, 4.69) is 10.6 Å². The third kappa shape index (κ3) is 5.96. The number of hydrogen-bond acceptors (Lipinski definition) is 4. The van der Waals surface area contributed by atoms with E-state index in [1.807, 2.05) is 20.8 Å². The maximum Gasteiger partial charge on any atom is 0.407 e. The molecular formula is C19H28N2O4. The first-order valence-electron chi connectivity index (χ1n) is 8.73. The van der Waals surface area contributed by atoms with Gasteiger partial charge < -0.3 is 20.1 Å². The molecule has 138 valence electrons. The van der Waals surface area contributed by atoms with Crippen LogP contribution in [0.4, 0.5) is 10.5 Å². The van der Waals surface area contributed by atoms with E-state index >= 15 is 0 Å². The molecule has 0 heterocycles. The summed E-state index contributed by atoms with van der Waals surface area (Å²) < 4.78 is 10.4. The molecule has 2 rings (SSSR count). The van der Waals surface area contributed by atoms with Gasteiger partial charge in [0.05, 0.1) is 13.0 Å². The second-order valence-electron chi connectivity index (χ2n) is 7.36. The van der Waals surface area contributed by atoms with Crippen molar-refractivity contribution < 1.29 is 19.1 Å². The van der Waals surface area contributed by atoms with Crippen molar-refractivity contribution in [2.45, 2.75) is 58.1 Å². The standard InChI is InChI=1S/C19H28N2O4/c1-19(2,3)25-18(23)21-16-8-6-5-7-15(16)17(22)20-13-9-11-14(24-4)12-10-13/h9-12,15-16H,5-8H2,1-4H3,(H,20,22)(H,21,23). The first kappa shape index (κ1) is 19.1. The molecule has 2 N–H and O–H groups in total. The third-order valence-electron chi connectivity index (χ3n) is 4.16. The van der Waals surface area contributed by atoms with Gasteiger partial charge in [-0.3, -0.25) is 4.79 Å². The van der Waals surface area contributed by atoms with Crippen LogP contribution in [0, 0.1) is 5.92 Å². The highest BCUT2D eigenvalue weighted by atomic mass is 16.6. The molecule has 2 unspecified atom stereocenters. The number of ether oxygens (including phenoxy) is 2. The van der Waals surface area contributed by atoms with Crippen molar-refractivity contribution in [2.75, 3.05) is 12.4 Å². The number of carbonyl (C=O) groups excluding carboxylic acids is 2. The summed E-state index contributed by atoms with van der Waals surface area (Å²) in [5, 5.41) is 5.80. The number of hydrogen-bond donors (Lipinski definition) is 2. The molecule has 1 aromatic carbocycles. The lowest BCUT2D eigenvalue weighted by molar-refractivity contribution is -0.121. The van der Waals surface area contributed by atoms with Gasteiger partial charge in [-0.15, -0.1) is 0 Å². The van der Waals surface area contributed by atoms with Crippen LogP contribution in [0.15, 0.2) is 24.3 Å². The Kier molecular flexibility index (Phi) is 6.28. The molecule has 0 spiro atoms. The quantitative estimate of drug-likeness (QED) is 0.869. The summed E-state index contributed by atoms with van der Waals surface area (Å²) in [4.78, 5) is 24.7. The Morgan fingerprint density at radius 2 is 1.72 bits per heavy atom. The molecule has 6 nitrogen and oxygen atoms in total. The number of benzene rings is 1. The Morgan fingerprint density at radius 3 is 2.32 bits per heavy atom. The number of anilines is 1. The van der Waals surface area contributed by atoms with Crippen molar-refractivity contribution in [2.24, 2.45) is 5.92 Å². The SMILES string of the molecule is COc1ccc(NC(=O)C2CCCCC2NC(=O)OC(C)(C)C)cc1. The first-order valence-corrected chi connectivity index (χ1v) is 8.73. The fourth-order valence-corrected chi connectivity index (χ4v) is 2.99. The van der Waals surface area contributed by atoms with Crippen molar-refractivity contribution in [3.8, 4) is 5.75 Å². The van der Waals surface area contributed by atoms with Crippen molar-refractivity contribution >= 4 is 17.7 Å². The van der Waals surface area contributed by atoms with Crippen LogP contribution in [0.25, 0.3) is 0 Å². The number of alkyl carbamates (subject to hydrolysis) is 1. The van der Waals surface area contributed by atoms with Crippen LogP contribution in [0.5, 0.6) is 5.75 Å². The predicted octanol–water partition coefficient (Wildman–Crippen LogP) is 3.72. The van der Waals surface area contributed by atoms with Crippen LogP contribution in [0.2, 0.25) is 0 Å². The number of nitrogens with one attached hydrogen (secondary N) is 2. The summed E-state index contributed by atoms with van der Waals surface area (Å²) in [5.74, 6) is 0.398. The number of rotatable bonds is 4. The first-order chi connectivity index (χ1) is 11.8. The number of methoxy groups -OCH3 is 1. The molecule has 25 heavy (non-hydrogen) atoms. The third-order valence-corrected chi connectivity index (χ3v) is 4.16. The van der Waals surface area contributed by atoms with Gasteiger partial charge >= 0.3 is 6.09 Å². The molecule has 2 atom stereocenters. The monoisotopic (exact) mass is 348 g/mol. The molecule has 1 aliphatic carbocycles. The molecule has 0 aliphatic heterocycles. The van der Waals surface area contributed by atoms with Crippen molar-refractivity contribution in [1.29, 1.82) is 0 Å². The lowest BCUT2D eigenvalue weighted by atomic mass is 9.84. The maximum absolute atomic E-state index is 12.7. The van der Waals surface area contributed by atoms with Crippen molar-refractivity contribution in [3.63, 3.8) is 0 Å². The van der Waals surface area contributed by atoms with Gasteiger partial charge in [0.15, 0.2) is 0 Å². The summed E-state index contributed by atoms with van der Waals surface area (Å²) in [7, 11) is 1.60. The number of carbonyl (C=O) groups is 2. The fraction of sp³-hybridized carbons (Fsp3) is 0.579. The summed E-state index contributed by atoms with van der Waals surface area (Å²) in [6.45, 7) is 5.46. The van der Waals surface area contributed by atoms with Crippen molar-refractivity contribution in [1.82, 2.24) is 5.32 Å². The van der Waals surface area contributed by atoms with E-state index in [4.69, 9.17) is 9.47 Å². The van der Waals surface area contributed by atoms with E-state index in [1.165, 1.54) is 0 Å². The van der Waals surface area contributed by atoms with Crippen LogP contribution < -0.4 is 15.4 Å². The summed E-state index contributed by atoms with van der Waals surface area (Å²) in [6.07, 6.45) is 3.03. The average molecular weight is 348 g/mol. The highest BCUT2D eigenvalue weighted by molar-refractivity contribution is 5.93. The van der Waals surface area contributed by atoms with E-state index in [-0.39, 0.29) is 17.9 Å². The topological polar surface area (TPSA) is 76.7 Å². The van der Waals surface area contributed by atoms with Gasteiger partial charge in [-0.25, -0.2) is 4.79 Å². The van der Waals surface area contributed by atoms with Crippen LogP contribution in [0.1, 0.15) is 46.5 Å². The molecule has 0 aromatic heterocycles. The maximum atomic E-state index is 12.7. The normalized spacial score (nSPS) is 20.5. The zero-order valence-corrected chi connectivity index (χ0v) is 15.4. The Hall–Kier alpha value is -2.24. The minimum atomic E-state index is -0.556. The van der Waals surface area contributed by atoms with E-state index in [0.29, 0.717) is 5.69 Å². The lowest BCUT2D eigenvalue weighted by Gasteiger charge is -2.32. The molecule has 1 saturated carbocycles. The smallest absolute Gasteiger partial charge is 0.407 e. The van der Waals surface area contributed by atoms with Gasteiger partial charge in [0.1, 0.15) is 11.4 Å². The molecule has 0 radical (unpaired) electrons. The molecule has 1 aliphatic rings. The van der Waals surface area contributed by atoms with Crippen LogP contribution >= 0.6 is 0 Å². The highest BCUT2D eigenvalue weighted by Gasteiger charge is 2.33. The highest BCUT2D eigenvalue weighted by Crippen LogP contribution is 2.26. The van der Waals surface area contributed by atoms with E-state index in [9.17, 15) is 9.59 Å². The van der Waals surface area contributed by atoms with Crippen molar-refractivity contribution in [3.05, 3.63) is 24.3 Å². The fourth-order valence-electron chi connectivity index (χ4n) is 2.99. The van der Waals surface area contributed by atoms with Gasteiger partial charge in [-0.2, -0.15) is 0 Å². The van der Waals surface area contributed by atoms with Gasteiger partial charge in [0, 0.05) is 11.7 Å². The molecule has 1 fully saturated rings. The van der Waals surface area contributed by atoms with Crippen LogP contribution in [-0.4, -0.2) is 30.8 Å².